The molecule has 3 unspecified atom stereocenters. The fraction of sp³-hybridized carbons (Fsp3) is 0.909. The first-order valence-corrected chi connectivity index (χ1v) is 6.02. The Morgan fingerprint density at radius 2 is 2.19 bits per heavy atom. The molecule has 1 aliphatic carbocycles. The Morgan fingerprint density at radius 1 is 1.44 bits per heavy atom. The van der Waals surface area contributed by atoms with Gasteiger partial charge in [-0.25, -0.2) is 0 Å². The summed E-state index contributed by atoms with van der Waals surface area (Å²) in [5.41, 5.74) is 5.47. The number of amides is 1. The van der Waals surface area contributed by atoms with E-state index in [1.807, 2.05) is 0 Å². The summed E-state index contributed by atoms with van der Waals surface area (Å²) in [6.07, 6.45) is 2.98. The van der Waals surface area contributed by atoms with Crippen LogP contribution in [0, 0.1) is 5.92 Å². The molecule has 1 aliphatic heterocycles. The van der Waals surface area contributed by atoms with Gasteiger partial charge >= 0.3 is 0 Å². The molecule has 3 atom stereocenters. The van der Waals surface area contributed by atoms with Crippen molar-refractivity contribution in [2.75, 3.05) is 13.1 Å². The summed E-state index contributed by atoms with van der Waals surface area (Å²) in [7, 11) is 0. The van der Waals surface area contributed by atoms with Crippen LogP contribution in [0.1, 0.15) is 25.7 Å². The minimum absolute atomic E-state index is 0.0177. The first kappa shape index (κ1) is 11.8. The van der Waals surface area contributed by atoms with Gasteiger partial charge in [0.15, 0.2) is 0 Å². The summed E-state index contributed by atoms with van der Waals surface area (Å²) < 4.78 is 5.46. The van der Waals surface area contributed by atoms with Crippen molar-refractivity contribution in [2.24, 2.45) is 11.7 Å². The van der Waals surface area contributed by atoms with Gasteiger partial charge in [0, 0.05) is 13.1 Å². The molecule has 1 amide bonds. The summed E-state index contributed by atoms with van der Waals surface area (Å²) in [4.78, 5) is 11.7. The summed E-state index contributed by atoms with van der Waals surface area (Å²) in [5, 5.41) is 12.3. The minimum atomic E-state index is -0.393. The highest BCUT2D eigenvalue weighted by molar-refractivity contribution is 5.81. The van der Waals surface area contributed by atoms with Gasteiger partial charge in [0.2, 0.25) is 5.91 Å². The van der Waals surface area contributed by atoms with E-state index in [1.54, 1.807) is 0 Å². The molecule has 4 N–H and O–H groups in total. The highest BCUT2D eigenvalue weighted by atomic mass is 16.5. The summed E-state index contributed by atoms with van der Waals surface area (Å²) in [6, 6.07) is 0. The van der Waals surface area contributed by atoms with Crippen LogP contribution in [-0.2, 0) is 9.53 Å². The van der Waals surface area contributed by atoms with E-state index in [1.165, 1.54) is 0 Å². The SMILES string of the molecule is NCC1CCC(C(=O)NCC(O)C2CC2)O1. The van der Waals surface area contributed by atoms with Gasteiger partial charge in [0.25, 0.3) is 0 Å². The lowest BCUT2D eigenvalue weighted by molar-refractivity contribution is -0.132. The summed E-state index contributed by atoms with van der Waals surface area (Å²) in [5.74, 6) is 0.275. The maximum Gasteiger partial charge on any atom is 0.249 e. The molecule has 0 bridgehead atoms. The largest absolute Gasteiger partial charge is 0.391 e. The molecule has 16 heavy (non-hydrogen) atoms. The van der Waals surface area contributed by atoms with Gasteiger partial charge in [-0.3, -0.25) is 4.79 Å². The predicted molar refractivity (Wildman–Crippen MR) is 58.7 cm³/mol. The first-order chi connectivity index (χ1) is 7.70. The number of carbonyl (C=O) groups is 1. The van der Waals surface area contributed by atoms with Crippen LogP contribution in [-0.4, -0.2) is 42.4 Å². The molecule has 0 aromatic carbocycles. The van der Waals surface area contributed by atoms with E-state index in [2.05, 4.69) is 5.32 Å². The molecule has 2 fully saturated rings. The Kier molecular flexibility index (Phi) is 3.78. The molecule has 0 radical (unpaired) electrons. The van der Waals surface area contributed by atoms with E-state index in [0.29, 0.717) is 19.0 Å². The van der Waals surface area contributed by atoms with Crippen molar-refractivity contribution < 1.29 is 14.6 Å². The summed E-state index contributed by atoms with van der Waals surface area (Å²) >= 11 is 0. The second kappa shape index (κ2) is 5.12. The average molecular weight is 228 g/mol. The molecular weight excluding hydrogens is 208 g/mol. The molecular formula is C11H20N2O3. The lowest BCUT2D eigenvalue weighted by atomic mass is 10.2. The topological polar surface area (TPSA) is 84.6 Å². The van der Waals surface area contributed by atoms with Gasteiger partial charge in [0.1, 0.15) is 6.10 Å². The van der Waals surface area contributed by atoms with Crippen LogP contribution in [0.25, 0.3) is 0 Å². The molecule has 1 heterocycles. The van der Waals surface area contributed by atoms with Gasteiger partial charge in [-0.05, 0) is 31.6 Å². The van der Waals surface area contributed by atoms with Crippen LogP contribution >= 0.6 is 0 Å². The standard InChI is InChI=1S/C11H20N2O3/c12-5-8-3-4-10(16-8)11(15)13-6-9(14)7-1-2-7/h7-10,14H,1-6,12H2,(H,13,15). The Labute approximate surface area is 95.3 Å². The number of nitrogens with one attached hydrogen (secondary N) is 1. The van der Waals surface area contributed by atoms with Crippen molar-refractivity contribution in [3.8, 4) is 0 Å². The quantitative estimate of drug-likeness (QED) is 0.585. The Hall–Kier alpha value is -0.650. The highest BCUT2D eigenvalue weighted by Crippen LogP contribution is 2.32. The van der Waals surface area contributed by atoms with Gasteiger partial charge < -0.3 is 20.9 Å². The Morgan fingerprint density at radius 3 is 2.75 bits per heavy atom. The van der Waals surface area contributed by atoms with Crippen molar-refractivity contribution >= 4 is 5.91 Å². The maximum atomic E-state index is 11.7. The molecule has 92 valence electrons. The van der Waals surface area contributed by atoms with Crippen molar-refractivity contribution in [1.82, 2.24) is 5.32 Å². The molecule has 2 rings (SSSR count). The number of hydrogen-bond acceptors (Lipinski definition) is 4. The molecule has 0 aromatic rings. The minimum Gasteiger partial charge on any atom is -0.391 e. The number of hydrogen-bond donors (Lipinski definition) is 3. The fourth-order valence-electron chi connectivity index (χ4n) is 2.04. The number of aliphatic hydroxyl groups excluding tert-OH is 1. The monoisotopic (exact) mass is 228 g/mol. The number of carbonyl (C=O) groups excluding carboxylic acids is 1. The zero-order valence-electron chi connectivity index (χ0n) is 9.39. The van der Waals surface area contributed by atoms with Crippen LogP contribution in [0.15, 0.2) is 0 Å². The lowest BCUT2D eigenvalue weighted by Crippen LogP contribution is -2.40. The molecule has 5 nitrogen and oxygen atoms in total. The zero-order valence-corrected chi connectivity index (χ0v) is 9.39. The molecule has 1 saturated carbocycles. The molecule has 0 spiro atoms. The van der Waals surface area contributed by atoms with Gasteiger partial charge in [-0.15, -0.1) is 0 Å². The number of ether oxygens (including phenoxy) is 1. The number of rotatable bonds is 5. The van der Waals surface area contributed by atoms with Crippen molar-refractivity contribution in [2.45, 2.75) is 44.0 Å². The van der Waals surface area contributed by atoms with Crippen molar-refractivity contribution in [3.05, 3.63) is 0 Å². The summed E-state index contributed by atoms with van der Waals surface area (Å²) in [6.45, 7) is 0.811. The maximum absolute atomic E-state index is 11.7. The fourth-order valence-corrected chi connectivity index (χ4v) is 2.04. The zero-order chi connectivity index (χ0) is 11.5. The normalized spacial score (nSPS) is 31.4. The average Bonchev–Trinajstić information content (AvgIpc) is 3.03. The van der Waals surface area contributed by atoms with E-state index >= 15 is 0 Å². The van der Waals surface area contributed by atoms with E-state index in [-0.39, 0.29) is 18.1 Å². The van der Waals surface area contributed by atoms with E-state index < -0.39 is 6.10 Å². The van der Waals surface area contributed by atoms with Gasteiger partial charge in [-0.1, -0.05) is 0 Å². The van der Waals surface area contributed by atoms with Gasteiger partial charge in [0.05, 0.1) is 12.2 Å². The predicted octanol–water partition coefficient (Wildman–Crippen LogP) is -0.620. The third-order valence-corrected chi connectivity index (χ3v) is 3.31. The lowest BCUT2D eigenvalue weighted by Gasteiger charge is -2.15. The van der Waals surface area contributed by atoms with Crippen LogP contribution in [0.2, 0.25) is 0 Å². The highest BCUT2D eigenvalue weighted by Gasteiger charge is 2.32. The van der Waals surface area contributed by atoms with Crippen LogP contribution < -0.4 is 11.1 Å². The smallest absolute Gasteiger partial charge is 0.249 e. The second-order valence-electron chi connectivity index (χ2n) is 4.71. The van der Waals surface area contributed by atoms with Crippen molar-refractivity contribution in [3.63, 3.8) is 0 Å². The molecule has 1 saturated heterocycles. The number of nitrogens with two attached hydrogens (primary N) is 1. The van der Waals surface area contributed by atoms with Gasteiger partial charge in [-0.2, -0.15) is 0 Å². The van der Waals surface area contributed by atoms with Crippen LogP contribution in [0.5, 0.6) is 0 Å². The van der Waals surface area contributed by atoms with Crippen LogP contribution in [0.3, 0.4) is 0 Å². The molecule has 5 heteroatoms. The molecule has 2 aliphatic rings. The third-order valence-electron chi connectivity index (χ3n) is 3.31. The van der Waals surface area contributed by atoms with E-state index in [0.717, 1.165) is 25.7 Å². The number of aliphatic hydroxyl groups is 1. The first-order valence-electron chi connectivity index (χ1n) is 6.02. The second-order valence-corrected chi connectivity index (χ2v) is 4.71. The molecule has 0 aromatic heterocycles. The third kappa shape index (κ3) is 2.93. The van der Waals surface area contributed by atoms with Crippen molar-refractivity contribution in [1.29, 1.82) is 0 Å². The van der Waals surface area contributed by atoms with Crippen LogP contribution in [0.4, 0.5) is 0 Å². The Bertz CT molecular complexity index is 256. The van der Waals surface area contributed by atoms with E-state index in [4.69, 9.17) is 10.5 Å². The van der Waals surface area contributed by atoms with E-state index in [9.17, 15) is 9.90 Å². The Balaban J connectivity index is 1.67.